The van der Waals surface area contributed by atoms with E-state index in [4.69, 9.17) is 4.74 Å². The van der Waals surface area contributed by atoms with E-state index in [1.54, 1.807) is 0 Å². The molecule has 0 spiro atoms. The maximum absolute atomic E-state index is 5.63. The fourth-order valence-electron chi connectivity index (χ4n) is 1.47. The van der Waals surface area contributed by atoms with Crippen molar-refractivity contribution in [1.29, 1.82) is 0 Å². The van der Waals surface area contributed by atoms with Crippen LogP contribution in [0.25, 0.3) is 0 Å². The Hall–Kier alpha value is -0.380. The van der Waals surface area contributed by atoms with Gasteiger partial charge in [0, 0.05) is 22.9 Å². The van der Waals surface area contributed by atoms with Crippen LogP contribution in [0.5, 0.6) is 0 Å². The first kappa shape index (κ1) is 13.7. The van der Waals surface area contributed by atoms with Crippen molar-refractivity contribution in [3.05, 3.63) is 21.9 Å². The first-order valence-corrected chi connectivity index (χ1v) is 7.04. The molecule has 1 N–H and O–H groups in total. The molecule has 0 aliphatic carbocycles. The Kier molecular flexibility index (Phi) is 7.47. The smallest absolute Gasteiger partial charge is 0.0809 e. The molecule has 3 heteroatoms. The van der Waals surface area contributed by atoms with Gasteiger partial charge in [-0.3, -0.25) is 0 Å². The lowest BCUT2D eigenvalue weighted by atomic mass is 10.3. The summed E-state index contributed by atoms with van der Waals surface area (Å²) in [5.41, 5.74) is 0. The summed E-state index contributed by atoms with van der Waals surface area (Å²) in [5.74, 6) is 0. The van der Waals surface area contributed by atoms with Crippen LogP contribution in [0.4, 0.5) is 0 Å². The Morgan fingerprint density at radius 1 is 1.19 bits per heavy atom. The molecule has 0 amide bonds. The molecule has 0 saturated heterocycles. The minimum absolute atomic E-state index is 0.778. The molecule has 0 atom stereocenters. The summed E-state index contributed by atoms with van der Waals surface area (Å²) in [6, 6.07) is 4.37. The van der Waals surface area contributed by atoms with Crippen molar-refractivity contribution in [2.24, 2.45) is 0 Å². The molecule has 92 valence electrons. The van der Waals surface area contributed by atoms with Crippen LogP contribution in [0.3, 0.4) is 0 Å². The van der Waals surface area contributed by atoms with Crippen LogP contribution in [0.1, 0.15) is 42.9 Å². The van der Waals surface area contributed by atoms with Gasteiger partial charge in [-0.1, -0.05) is 26.7 Å². The van der Waals surface area contributed by atoms with Crippen LogP contribution in [0.2, 0.25) is 0 Å². The molecule has 2 nitrogen and oxygen atoms in total. The van der Waals surface area contributed by atoms with E-state index >= 15 is 0 Å². The molecule has 0 aliphatic heterocycles. The van der Waals surface area contributed by atoms with Gasteiger partial charge in [0.1, 0.15) is 0 Å². The third kappa shape index (κ3) is 5.64. The molecule has 0 radical (unpaired) electrons. The largest absolute Gasteiger partial charge is 0.376 e. The number of hydrogen-bond acceptors (Lipinski definition) is 3. The number of nitrogens with one attached hydrogen (secondary N) is 1. The number of rotatable bonds is 9. The topological polar surface area (TPSA) is 21.3 Å². The third-order valence-corrected chi connectivity index (χ3v) is 3.46. The van der Waals surface area contributed by atoms with Gasteiger partial charge in [-0.2, -0.15) is 0 Å². The Bertz CT molecular complexity index is 273. The van der Waals surface area contributed by atoms with Crippen molar-refractivity contribution in [2.75, 3.05) is 13.2 Å². The number of ether oxygens (including phenoxy) is 1. The lowest BCUT2D eigenvalue weighted by molar-refractivity contribution is 0.119. The summed E-state index contributed by atoms with van der Waals surface area (Å²) in [4.78, 5) is 2.73. The number of unbranched alkanes of at least 4 members (excludes halogenated alkanes) is 2. The third-order valence-electron chi connectivity index (χ3n) is 2.40. The molecule has 1 rings (SSSR count). The highest BCUT2D eigenvalue weighted by Gasteiger charge is 1.99. The van der Waals surface area contributed by atoms with Crippen LogP contribution >= 0.6 is 11.3 Å². The van der Waals surface area contributed by atoms with Crippen molar-refractivity contribution < 1.29 is 4.74 Å². The predicted octanol–water partition coefficient (Wildman–Crippen LogP) is 3.56. The van der Waals surface area contributed by atoms with Gasteiger partial charge in [0.25, 0.3) is 0 Å². The van der Waals surface area contributed by atoms with Crippen molar-refractivity contribution in [1.82, 2.24) is 5.32 Å². The average molecular weight is 241 g/mol. The molecular weight excluding hydrogens is 218 g/mol. The molecule has 0 saturated carbocycles. The fraction of sp³-hybridized carbons (Fsp3) is 0.692. The molecule has 0 unspecified atom stereocenters. The quantitative estimate of drug-likeness (QED) is 0.667. The lowest BCUT2D eigenvalue weighted by Crippen LogP contribution is -2.10. The Morgan fingerprint density at radius 3 is 2.75 bits per heavy atom. The molecule has 0 bridgehead atoms. The average Bonchev–Trinajstić information content (AvgIpc) is 2.74. The highest BCUT2D eigenvalue weighted by atomic mass is 32.1. The molecule has 1 aromatic rings. The summed E-state index contributed by atoms with van der Waals surface area (Å²) < 4.78 is 5.63. The van der Waals surface area contributed by atoms with Crippen LogP contribution < -0.4 is 5.32 Å². The Morgan fingerprint density at radius 2 is 2.00 bits per heavy atom. The van der Waals surface area contributed by atoms with E-state index < -0.39 is 0 Å². The highest BCUT2D eigenvalue weighted by molar-refractivity contribution is 7.11. The van der Waals surface area contributed by atoms with E-state index in [-0.39, 0.29) is 0 Å². The van der Waals surface area contributed by atoms with Gasteiger partial charge in [-0.15, -0.1) is 11.3 Å². The summed E-state index contributed by atoms with van der Waals surface area (Å²) in [7, 11) is 0. The van der Waals surface area contributed by atoms with E-state index in [1.807, 2.05) is 11.3 Å². The molecule has 0 aliphatic rings. The molecule has 0 fully saturated rings. The number of hydrogen-bond donors (Lipinski definition) is 1. The Labute approximate surface area is 103 Å². The lowest BCUT2D eigenvalue weighted by Gasteiger charge is -2.01. The minimum Gasteiger partial charge on any atom is -0.376 e. The summed E-state index contributed by atoms with van der Waals surface area (Å²) in [5, 5.41) is 3.33. The second kappa shape index (κ2) is 8.74. The van der Waals surface area contributed by atoms with E-state index in [0.717, 1.165) is 26.3 Å². The zero-order valence-electron chi connectivity index (χ0n) is 10.4. The molecule has 1 heterocycles. The molecular formula is C13H23NOS. The van der Waals surface area contributed by atoms with E-state index in [1.165, 1.54) is 29.0 Å². The standard InChI is InChI=1S/C13H23NOS/c1-3-5-6-9-15-11-13-8-7-12(16-13)10-14-4-2/h7-8,14H,3-6,9-11H2,1-2H3. The first-order chi connectivity index (χ1) is 7.86. The summed E-state index contributed by atoms with van der Waals surface area (Å²) in [6.45, 7) is 8.03. The van der Waals surface area contributed by atoms with Crippen molar-refractivity contribution >= 4 is 11.3 Å². The van der Waals surface area contributed by atoms with Crippen LogP contribution in [0, 0.1) is 0 Å². The zero-order valence-corrected chi connectivity index (χ0v) is 11.2. The van der Waals surface area contributed by atoms with E-state index in [0.29, 0.717) is 0 Å². The minimum atomic E-state index is 0.778. The van der Waals surface area contributed by atoms with Crippen LogP contribution in [0.15, 0.2) is 12.1 Å². The predicted molar refractivity (Wildman–Crippen MR) is 70.9 cm³/mol. The molecule has 16 heavy (non-hydrogen) atoms. The van der Waals surface area contributed by atoms with E-state index in [9.17, 15) is 0 Å². The monoisotopic (exact) mass is 241 g/mol. The normalized spacial score (nSPS) is 10.9. The molecule has 0 aromatic carbocycles. The maximum atomic E-state index is 5.63. The summed E-state index contributed by atoms with van der Waals surface area (Å²) >= 11 is 1.85. The van der Waals surface area contributed by atoms with Gasteiger partial charge in [0.2, 0.25) is 0 Å². The van der Waals surface area contributed by atoms with Gasteiger partial charge >= 0.3 is 0 Å². The van der Waals surface area contributed by atoms with Gasteiger partial charge in [0.05, 0.1) is 6.61 Å². The van der Waals surface area contributed by atoms with Crippen molar-refractivity contribution in [3.8, 4) is 0 Å². The zero-order chi connectivity index (χ0) is 11.6. The van der Waals surface area contributed by atoms with Crippen molar-refractivity contribution in [3.63, 3.8) is 0 Å². The second-order valence-electron chi connectivity index (χ2n) is 3.91. The van der Waals surface area contributed by atoms with Gasteiger partial charge in [-0.05, 0) is 25.1 Å². The fourth-order valence-corrected chi connectivity index (χ4v) is 2.40. The van der Waals surface area contributed by atoms with Crippen LogP contribution in [-0.4, -0.2) is 13.2 Å². The first-order valence-electron chi connectivity index (χ1n) is 6.22. The SMILES string of the molecule is CCCCCOCc1ccc(CNCC)s1. The van der Waals surface area contributed by atoms with Crippen LogP contribution in [-0.2, 0) is 17.9 Å². The highest BCUT2D eigenvalue weighted by Crippen LogP contribution is 2.17. The Balaban J connectivity index is 2.14. The number of thiophene rings is 1. The van der Waals surface area contributed by atoms with E-state index in [2.05, 4.69) is 31.3 Å². The maximum Gasteiger partial charge on any atom is 0.0809 e. The summed E-state index contributed by atoms with van der Waals surface area (Å²) in [6.07, 6.45) is 3.72. The van der Waals surface area contributed by atoms with Gasteiger partial charge in [0.15, 0.2) is 0 Å². The second-order valence-corrected chi connectivity index (χ2v) is 5.16. The van der Waals surface area contributed by atoms with Gasteiger partial charge in [-0.25, -0.2) is 0 Å². The molecule has 1 aromatic heterocycles. The van der Waals surface area contributed by atoms with Crippen molar-refractivity contribution in [2.45, 2.75) is 46.3 Å². The van der Waals surface area contributed by atoms with Gasteiger partial charge < -0.3 is 10.1 Å².